The second-order valence-corrected chi connectivity index (χ2v) is 5.68. The first-order valence-corrected chi connectivity index (χ1v) is 7.57. The van der Waals surface area contributed by atoms with Gasteiger partial charge in [-0.1, -0.05) is 37.3 Å². The number of rotatable bonds is 7. The van der Waals surface area contributed by atoms with E-state index in [9.17, 15) is 14.7 Å². The fraction of sp³-hybridized carbons (Fsp3) is 0.353. The number of benzene rings is 1. The second kappa shape index (κ2) is 7.09. The minimum Gasteiger partial charge on any atom is -0.481 e. The van der Waals surface area contributed by atoms with Gasteiger partial charge in [0, 0.05) is 19.3 Å². The van der Waals surface area contributed by atoms with Gasteiger partial charge in [-0.3, -0.25) is 14.3 Å². The number of carbonyl (C=O) groups excluding carboxylic acids is 1. The molecule has 1 aromatic heterocycles. The first kappa shape index (κ1) is 16.7. The Morgan fingerprint density at radius 3 is 2.61 bits per heavy atom. The molecular formula is C17H21N3O3. The summed E-state index contributed by atoms with van der Waals surface area (Å²) in [5, 5.41) is 16.4. The minimum absolute atomic E-state index is 0.00410. The molecule has 0 spiro atoms. The number of amides is 1. The predicted octanol–water partition coefficient (Wildman–Crippen LogP) is 2.07. The van der Waals surface area contributed by atoms with Gasteiger partial charge >= 0.3 is 5.97 Å². The highest BCUT2D eigenvalue weighted by Crippen LogP contribution is 2.23. The molecule has 0 aliphatic heterocycles. The van der Waals surface area contributed by atoms with Crippen molar-refractivity contribution in [3.05, 3.63) is 53.9 Å². The summed E-state index contributed by atoms with van der Waals surface area (Å²) in [5.74, 6) is -1.30. The molecule has 1 unspecified atom stereocenters. The number of aromatic nitrogens is 2. The number of hydrogen-bond donors (Lipinski definition) is 2. The summed E-state index contributed by atoms with van der Waals surface area (Å²) >= 11 is 0. The van der Waals surface area contributed by atoms with Crippen LogP contribution in [0.5, 0.6) is 0 Å². The summed E-state index contributed by atoms with van der Waals surface area (Å²) in [6.45, 7) is 4.37. The van der Waals surface area contributed by atoms with E-state index >= 15 is 0 Å². The average Bonchev–Trinajstić information content (AvgIpc) is 3.02. The van der Waals surface area contributed by atoms with Crippen LogP contribution in [0.4, 0.5) is 0 Å². The number of aryl methyl sites for hydroxylation is 1. The van der Waals surface area contributed by atoms with Crippen molar-refractivity contribution in [1.29, 1.82) is 0 Å². The Morgan fingerprint density at radius 1 is 1.30 bits per heavy atom. The Hall–Kier alpha value is -2.63. The highest BCUT2D eigenvalue weighted by atomic mass is 16.4. The van der Waals surface area contributed by atoms with E-state index < -0.39 is 11.4 Å². The fourth-order valence-electron chi connectivity index (χ4n) is 2.30. The number of nitrogens with zero attached hydrogens (tertiary/aromatic N) is 2. The zero-order valence-corrected chi connectivity index (χ0v) is 13.3. The normalized spacial score (nSPS) is 13.3. The van der Waals surface area contributed by atoms with Crippen molar-refractivity contribution >= 4 is 11.9 Å². The molecule has 0 radical (unpaired) electrons. The van der Waals surface area contributed by atoms with Gasteiger partial charge < -0.3 is 10.4 Å². The largest absolute Gasteiger partial charge is 0.481 e. The van der Waals surface area contributed by atoms with E-state index in [1.807, 2.05) is 13.0 Å². The van der Waals surface area contributed by atoms with Crippen LogP contribution >= 0.6 is 0 Å². The predicted molar refractivity (Wildman–Crippen MR) is 86.3 cm³/mol. The first-order chi connectivity index (χ1) is 11.0. The zero-order valence-electron chi connectivity index (χ0n) is 13.3. The van der Waals surface area contributed by atoms with Crippen molar-refractivity contribution in [3.8, 4) is 0 Å². The first-order valence-electron chi connectivity index (χ1n) is 7.57. The molecule has 0 saturated heterocycles. The van der Waals surface area contributed by atoms with Crippen LogP contribution in [0.25, 0.3) is 0 Å². The van der Waals surface area contributed by atoms with E-state index in [0.717, 1.165) is 13.0 Å². The van der Waals surface area contributed by atoms with Crippen molar-refractivity contribution in [3.63, 3.8) is 0 Å². The SMILES string of the molecule is CCCn1cc(C(=O)NCC(C)(C(=O)O)c2ccccc2)cn1. The van der Waals surface area contributed by atoms with Crippen molar-refractivity contribution in [1.82, 2.24) is 15.1 Å². The molecular weight excluding hydrogens is 294 g/mol. The van der Waals surface area contributed by atoms with Gasteiger partial charge in [-0.25, -0.2) is 0 Å². The molecule has 0 aliphatic rings. The molecule has 6 nitrogen and oxygen atoms in total. The molecule has 0 bridgehead atoms. The molecule has 2 rings (SSSR count). The molecule has 0 saturated carbocycles. The third-order valence-corrected chi connectivity index (χ3v) is 3.83. The van der Waals surface area contributed by atoms with Crippen molar-refractivity contribution in [2.24, 2.45) is 0 Å². The lowest BCUT2D eigenvalue weighted by Gasteiger charge is -2.25. The van der Waals surface area contributed by atoms with Gasteiger partial charge in [-0.2, -0.15) is 5.10 Å². The maximum atomic E-state index is 12.2. The van der Waals surface area contributed by atoms with Gasteiger partial charge in [0.15, 0.2) is 0 Å². The van der Waals surface area contributed by atoms with Crippen molar-refractivity contribution in [2.45, 2.75) is 32.2 Å². The van der Waals surface area contributed by atoms with Gasteiger partial charge in [0.25, 0.3) is 5.91 Å². The van der Waals surface area contributed by atoms with Crippen LogP contribution in [-0.2, 0) is 16.8 Å². The van der Waals surface area contributed by atoms with Crippen LogP contribution < -0.4 is 5.32 Å². The maximum Gasteiger partial charge on any atom is 0.315 e. The number of aliphatic carboxylic acids is 1. The Bertz CT molecular complexity index is 681. The Balaban J connectivity index is 2.09. The minimum atomic E-state index is -1.18. The smallest absolute Gasteiger partial charge is 0.315 e. The van der Waals surface area contributed by atoms with E-state index in [2.05, 4.69) is 10.4 Å². The van der Waals surface area contributed by atoms with Gasteiger partial charge in [0.2, 0.25) is 0 Å². The fourth-order valence-corrected chi connectivity index (χ4v) is 2.30. The molecule has 0 aliphatic carbocycles. The lowest BCUT2D eigenvalue weighted by Crippen LogP contribution is -2.44. The summed E-state index contributed by atoms with van der Waals surface area (Å²) in [6, 6.07) is 8.89. The molecule has 6 heteroatoms. The Morgan fingerprint density at radius 2 is 2.00 bits per heavy atom. The highest BCUT2D eigenvalue weighted by molar-refractivity contribution is 5.94. The van der Waals surface area contributed by atoms with Gasteiger partial charge in [0.05, 0.1) is 11.8 Å². The standard InChI is InChI=1S/C17H21N3O3/c1-3-9-20-11-13(10-19-20)15(21)18-12-17(2,16(22)23)14-7-5-4-6-8-14/h4-8,10-11H,3,9,12H2,1-2H3,(H,18,21)(H,22,23). The summed E-state index contributed by atoms with van der Waals surface area (Å²) in [4.78, 5) is 23.9. The lowest BCUT2D eigenvalue weighted by molar-refractivity contribution is -0.142. The summed E-state index contributed by atoms with van der Waals surface area (Å²) < 4.78 is 1.70. The Labute approximate surface area is 135 Å². The summed E-state index contributed by atoms with van der Waals surface area (Å²) in [7, 11) is 0. The zero-order chi connectivity index (χ0) is 16.9. The number of hydrogen-bond acceptors (Lipinski definition) is 3. The summed E-state index contributed by atoms with van der Waals surface area (Å²) in [6.07, 6.45) is 4.08. The van der Waals surface area contributed by atoms with Crippen LogP contribution in [0.15, 0.2) is 42.7 Å². The van der Waals surface area contributed by atoms with Crippen molar-refractivity contribution in [2.75, 3.05) is 6.54 Å². The van der Waals surface area contributed by atoms with E-state index in [1.54, 1.807) is 42.1 Å². The van der Waals surface area contributed by atoms with Gasteiger partial charge in [0.1, 0.15) is 5.41 Å². The Kier molecular flexibility index (Phi) is 5.16. The van der Waals surface area contributed by atoms with Gasteiger partial charge in [-0.15, -0.1) is 0 Å². The number of carboxylic acid groups (broad SMARTS) is 1. The molecule has 0 fully saturated rings. The molecule has 1 heterocycles. The van der Waals surface area contributed by atoms with E-state index in [4.69, 9.17) is 0 Å². The second-order valence-electron chi connectivity index (χ2n) is 5.68. The van der Waals surface area contributed by atoms with E-state index in [1.165, 1.54) is 6.20 Å². The molecule has 122 valence electrons. The van der Waals surface area contributed by atoms with Crippen LogP contribution in [0.3, 0.4) is 0 Å². The lowest BCUT2D eigenvalue weighted by atomic mass is 9.82. The molecule has 2 aromatic rings. The molecule has 1 aromatic carbocycles. The number of carbonyl (C=O) groups is 2. The van der Waals surface area contributed by atoms with Crippen LogP contribution in [0, 0.1) is 0 Å². The molecule has 1 atom stereocenters. The van der Waals surface area contributed by atoms with Crippen LogP contribution in [0.2, 0.25) is 0 Å². The number of carboxylic acids is 1. The molecule has 1 amide bonds. The maximum absolute atomic E-state index is 12.2. The van der Waals surface area contributed by atoms with Crippen molar-refractivity contribution < 1.29 is 14.7 Å². The third kappa shape index (κ3) is 3.77. The topological polar surface area (TPSA) is 84.2 Å². The quantitative estimate of drug-likeness (QED) is 0.819. The van der Waals surface area contributed by atoms with E-state index in [-0.39, 0.29) is 12.5 Å². The molecule has 2 N–H and O–H groups in total. The van der Waals surface area contributed by atoms with E-state index in [0.29, 0.717) is 11.1 Å². The van der Waals surface area contributed by atoms with Crippen LogP contribution in [-0.4, -0.2) is 33.3 Å². The highest BCUT2D eigenvalue weighted by Gasteiger charge is 2.35. The average molecular weight is 315 g/mol. The summed E-state index contributed by atoms with van der Waals surface area (Å²) in [5.41, 5.74) is -0.107. The molecule has 23 heavy (non-hydrogen) atoms. The third-order valence-electron chi connectivity index (χ3n) is 3.83. The monoisotopic (exact) mass is 315 g/mol. The van der Waals surface area contributed by atoms with Crippen LogP contribution in [0.1, 0.15) is 36.2 Å². The number of nitrogens with one attached hydrogen (secondary N) is 1. The van der Waals surface area contributed by atoms with Gasteiger partial charge in [-0.05, 0) is 18.9 Å².